The molecule has 0 aliphatic carbocycles. The number of carbonyl (C=O) groups is 1. The largest absolute Gasteiger partial charge is 0.342 e. The molecule has 0 aromatic heterocycles. The summed E-state index contributed by atoms with van der Waals surface area (Å²) in [4.78, 5) is 13.8. The van der Waals surface area contributed by atoms with Crippen LogP contribution in [-0.4, -0.2) is 29.7 Å². The van der Waals surface area contributed by atoms with Crippen molar-refractivity contribution >= 4 is 60.4 Å². The smallest absolute Gasteiger partial charge is 0.254 e. The first-order valence-electron chi connectivity index (χ1n) is 4.82. The normalized spacial score (nSPS) is 10.2. The van der Waals surface area contributed by atoms with Crippen LogP contribution < -0.4 is 0 Å². The first-order valence-corrected chi connectivity index (χ1v) is 7.82. The van der Waals surface area contributed by atoms with Gasteiger partial charge in [0.15, 0.2) is 0 Å². The average molecular weight is 461 g/mol. The van der Waals surface area contributed by atoms with Crippen LogP contribution >= 0.6 is 54.5 Å². The van der Waals surface area contributed by atoms with Crippen molar-refractivity contribution in [1.82, 2.24) is 4.90 Å². The fourth-order valence-electron chi connectivity index (χ4n) is 1.27. The number of amides is 1. The lowest BCUT2D eigenvalue weighted by molar-refractivity contribution is 0.0794. The molecule has 1 amide bonds. The standard InChI is InChI=1S/C11H12Br2INO/c1-15(6-2-5-12)11(16)9-7-8(14)3-4-10(9)13/h3-4,7H,2,5-6H2,1H3. The van der Waals surface area contributed by atoms with Gasteiger partial charge in [0, 0.05) is 27.0 Å². The zero-order valence-electron chi connectivity index (χ0n) is 8.84. The van der Waals surface area contributed by atoms with Gasteiger partial charge in [-0.2, -0.15) is 0 Å². The van der Waals surface area contributed by atoms with E-state index in [-0.39, 0.29) is 5.91 Å². The minimum Gasteiger partial charge on any atom is -0.342 e. The molecule has 0 fully saturated rings. The molecule has 5 heteroatoms. The Labute approximate surface area is 126 Å². The van der Waals surface area contributed by atoms with E-state index in [9.17, 15) is 4.79 Å². The number of nitrogens with zero attached hydrogens (tertiary/aromatic N) is 1. The van der Waals surface area contributed by atoms with Crippen molar-refractivity contribution in [3.63, 3.8) is 0 Å². The molecular weight excluding hydrogens is 449 g/mol. The number of halogens is 3. The van der Waals surface area contributed by atoms with Gasteiger partial charge in [0.2, 0.25) is 0 Å². The van der Waals surface area contributed by atoms with Crippen LogP contribution in [-0.2, 0) is 0 Å². The van der Waals surface area contributed by atoms with Gasteiger partial charge in [0.25, 0.3) is 5.91 Å². The highest BCUT2D eigenvalue weighted by molar-refractivity contribution is 14.1. The van der Waals surface area contributed by atoms with Gasteiger partial charge in [-0.1, -0.05) is 15.9 Å². The number of rotatable bonds is 4. The molecule has 0 radical (unpaired) electrons. The molecule has 0 saturated heterocycles. The van der Waals surface area contributed by atoms with Crippen LogP contribution in [0.1, 0.15) is 16.8 Å². The Balaban J connectivity index is 2.83. The third-order valence-corrected chi connectivity index (χ3v) is 4.06. The molecule has 88 valence electrons. The van der Waals surface area contributed by atoms with Crippen LogP contribution in [0.15, 0.2) is 22.7 Å². The predicted molar refractivity (Wildman–Crippen MR) is 82.2 cm³/mol. The molecule has 1 aromatic rings. The Kier molecular flexibility index (Phi) is 6.28. The molecule has 16 heavy (non-hydrogen) atoms. The molecule has 0 aliphatic rings. The average Bonchev–Trinajstić information content (AvgIpc) is 2.28. The second-order valence-electron chi connectivity index (χ2n) is 3.39. The van der Waals surface area contributed by atoms with Crippen LogP contribution in [0.4, 0.5) is 0 Å². The summed E-state index contributed by atoms with van der Waals surface area (Å²) in [6.45, 7) is 0.766. The lowest BCUT2D eigenvalue weighted by Crippen LogP contribution is -2.28. The van der Waals surface area contributed by atoms with E-state index in [1.807, 2.05) is 25.2 Å². The van der Waals surface area contributed by atoms with E-state index < -0.39 is 0 Å². The molecule has 0 atom stereocenters. The second-order valence-corrected chi connectivity index (χ2v) is 6.29. The summed E-state index contributed by atoms with van der Waals surface area (Å²) in [7, 11) is 1.83. The summed E-state index contributed by atoms with van der Waals surface area (Å²) < 4.78 is 1.92. The monoisotopic (exact) mass is 459 g/mol. The van der Waals surface area contributed by atoms with E-state index >= 15 is 0 Å². The van der Waals surface area contributed by atoms with E-state index in [2.05, 4.69) is 54.5 Å². The molecule has 0 spiro atoms. The fourth-order valence-corrected chi connectivity index (χ4v) is 2.42. The fraction of sp³-hybridized carbons (Fsp3) is 0.364. The maximum Gasteiger partial charge on any atom is 0.254 e. The molecular formula is C11H12Br2INO. The molecule has 0 N–H and O–H groups in total. The van der Waals surface area contributed by atoms with Crippen LogP contribution in [0.3, 0.4) is 0 Å². The number of benzene rings is 1. The highest BCUT2D eigenvalue weighted by Gasteiger charge is 2.14. The molecule has 2 nitrogen and oxygen atoms in total. The zero-order chi connectivity index (χ0) is 12.1. The Morgan fingerprint density at radius 1 is 1.50 bits per heavy atom. The van der Waals surface area contributed by atoms with Gasteiger partial charge in [0.05, 0.1) is 5.56 Å². The quantitative estimate of drug-likeness (QED) is 0.493. The number of alkyl halides is 1. The van der Waals surface area contributed by atoms with Crippen molar-refractivity contribution in [2.24, 2.45) is 0 Å². The van der Waals surface area contributed by atoms with Crippen molar-refractivity contribution in [3.05, 3.63) is 31.8 Å². The van der Waals surface area contributed by atoms with E-state index in [1.165, 1.54) is 0 Å². The summed E-state index contributed by atoms with van der Waals surface area (Å²) in [6, 6.07) is 5.78. The van der Waals surface area contributed by atoms with Gasteiger partial charge in [-0.15, -0.1) is 0 Å². The molecule has 0 aliphatic heterocycles. The number of hydrogen-bond acceptors (Lipinski definition) is 1. The van der Waals surface area contributed by atoms with Gasteiger partial charge < -0.3 is 4.90 Å². The first-order chi connectivity index (χ1) is 7.56. The van der Waals surface area contributed by atoms with E-state index in [0.717, 1.165) is 31.9 Å². The third-order valence-electron chi connectivity index (χ3n) is 2.13. The topological polar surface area (TPSA) is 20.3 Å². The molecule has 0 heterocycles. The Bertz CT molecular complexity index is 384. The molecule has 1 rings (SSSR count). The van der Waals surface area contributed by atoms with Gasteiger partial charge in [-0.05, 0) is 63.1 Å². The van der Waals surface area contributed by atoms with Gasteiger partial charge in [0.1, 0.15) is 0 Å². The lowest BCUT2D eigenvalue weighted by Gasteiger charge is -2.17. The number of carbonyl (C=O) groups excluding carboxylic acids is 1. The second kappa shape index (κ2) is 6.96. The Hall–Kier alpha value is 0.380. The van der Waals surface area contributed by atoms with E-state index in [0.29, 0.717) is 0 Å². The van der Waals surface area contributed by atoms with Crippen molar-refractivity contribution in [1.29, 1.82) is 0 Å². The van der Waals surface area contributed by atoms with Crippen LogP contribution in [0.5, 0.6) is 0 Å². The molecule has 0 saturated carbocycles. The number of hydrogen-bond donors (Lipinski definition) is 0. The highest BCUT2D eigenvalue weighted by atomic mass is 127. The lowest BCUT2D eigenvalue weighted by atomic mass is 10.2. The highest BCUT2D eigenvalue weighted by Crippen LogP contribution is 2.20. The molecule has 1 aromatic carbocycles. The van der Waals surface area contributed by atoms with Gasteiger partial charge in [-0.3, -0.25) is 4.79 Å². The van der Waals surface area contributed by atoms with Gasteiger partial charge >= 0.3 is 0 Å². The SMILES string of the molecule is CN(CCCBr)C(=O)c1cc(I)ccc1Br. The molecule has 0 unspecified atom stereocenters. The zero-order valence-corrected chi connectivity index (χ0v) is 14.2. The van der Waals surface area contributed by atoms with Gasteiger partial charge in [-0.25, -0.2) is 0 Å². The summed E-state index contributed by atoms with van der Waals surface area (Å²) in [5.41, 5.74) is 0.726. The summed E-state index contributed by atoms with van der Waals surface area (Å²) in [6.07, 6.45) is 0.962. The van der Waals surface area contributed by atoms with Crippen molar-refractivity contribution in [3.8, 4) is 0 Å². The maximum absolute atomic E-state index is 12.1. The minimum absolute atomic E-state index is 0.0614. The van der Waals surface area contributed by atoms with Crippen LogP contribution in [0.25, 0.3) is 0 Å². The molecule has 0 bridgehead atoms. The predicted octanol–water partition coefficient (Wildman–Crippen LogP) is 3.91. The van der Waals surface area contributed by atoms with Crippen molar-refractivity contribution < 1.29 is 4.79 Å². The third kappa shape index (κ3) is 4.00. The van der Waals surface area contributed by atoms with Crippen LogP contribution in [0.2, 0.25) is 0 Å². The summed E-state index contributed by atoms with van der Waals surface area (Å²) in [5, 5.41) is 0.915. The Morgan fingerprint density at radius 2 is 2.19 bits per heavy atom. The van der Waals surface area contributed by atoms with E-state index in [4.69, 9.17) is 0 Å². The van der Waals surface area contributed by atoms with Crippen molar-refractivity contribution in [2.75, 3.05) is 18.9 Å². The minimum atomic E-state index is 0.0614. The first kappa shape index (κ1) is 14.4. The van der Waals surface area contributed by atoms with Crippen LogP contribution in [0, 0.1) is 3.57 Å². The summed E-state index contributed by atoms with van der Waals surface area (Å²) in [5.74, 6) is 0.0614. The van der Waals surface area contributed by atoms with Crippen molar-refractivity contribution in [2.45, 2.75) is 6.42 Å². The maximum atomic E-state index is 12.1. The van der Waals surface area contributed by atoms with E-state index in [1.54, 1.807) is 4.90 Å². The Morgan fingerprint density at radius 3 is 2.81 bits per heavy atom. The summed E-state index contributed by atoms with van der Waals surface area (Å²) >= 11 is 8.98.